The van der Waals surface area contributed by atoms with Gasteiger partial charge in [0.15, 0.2) is 5.16 Å². The molecule has 1 aromatic carbocycles. The fourth-order valence-corrected chi connectivity index (χ4v) is 2.43. The number of anilines is 1. The summed E-state index contributed by atoms with van der Waals surface area (Å²) in [5, 5.41) is 3.97. The number of hydrogen-bond donors (Lipinski definition) is 1. The maximum absolute atomic E-state index is 5.83. The number of aromatic nitrogens is 2. The first kappa shape index (κ1) is 16.0. The lowest BCUT2D eigenvalue weighted by Crippen LogP contribution is -2.04. The summed E-state index contributed by atoms with van der Waals surface area (Å²) in [4.78, 5) is 10.0. The van der Waals surface area contributed by atoms with Crippen molar-refractivity contribution in [3.63, 3.8) is 0 Å². The van der Waals surface area contributed by atoms with E-state index < -0.39 is 0 Å². The summed E-state index contributed by atoms with van der Waals surface area (Å²) in [6.45, 7) is 3.00. The molecule has 0 unspecified atom stereocenters. The molecule has 6 heteroatoms. The molecule has 0 spiro atoms. The summed E-state index contributed by atoms with van der Waals surface area (Å²) in [6, 6.07) is 9.80. The van der Waals surface area contributed by atoms with Crippen LogP contribution in [0.4, 0.5) is 5.82 Å². The summed E-state index contributed by atoms with van der Waals surface area (Å²) in [7, 11) is 0. The van der Waals surface area contributed by atoms with Crippen molar-refractivity contribution in [2.24, 2.45) is 0 Å². The molecule has 2 aromatic rings. The molecule has 1 N–H and O–H groups in total. The highest BCUT2D eigenvalue weighted by molar-refractivity contribution is 7.98. The van der Waals surface area contributed by atoms with Crippen LogP contribution >= 0.6 is 23.5 Å². The van der Waals surface area contributed by atoms with Gasteiger partial charge in [-0.25, -0.2) is 4.98 Å². The van der Waals surface area contributed by atoms with E-state index in [9.17, 15) is 0 Å². The molecule has 0 saturated carbocycles. The highest BCUT2D eigenvalue weighted by Crippen LogP contribution is 2.26. The second kappa shape index (κ2) is 8.14. The third-order valence-corrected chi connectivity index (χ3v) is 3.99. The average molecular weight is 321 g/mol. The zero-order valence-corrected chi connectivity index (χ0v) is 14.1. The Hall–Kier alpha value is -1.40. The van der Waals surface area contributed by atoms with Gasteiger partial charge >= 0.3 is 0 Å². The van der Waals surface area contributed by atoms with Crippen molar-refractivity contribution in [3.05, 3.63) is 30.3 Å². The molecule has 1 heterocycles. The Morgan fingerprint density at radius 1 is 1.10 bits per heavy atom. The average Bonchev–Trinajstić information content (AvgIpc) is 2.53. The second-order valence-electron chi connectivity index (χ2n) is 4.28. The van der Waals surface area contributed by atoms with Crippen molar-refractivity contribution < 1.29 is 4.74 Å². The van der Waals surface area contributed by atoms with Crippen LogP contribution in [0.5, 0.6) is 11.6 Å². The topological polar surface area (TPSA) is 47.0 Å². The van der Waals surface area contributed by atoms with Crippen molar-refractivity contribution in [1.29, 1.82) is 0 Å². The Morgan fingerprint density at radius 2 is 1.86 bits per heavy atom. The maximum atomic E-state index is 5.83. The Bertz CT molecular complexity index is 576. The van der Waals surface area contributed by atoms with Crippen molar-refractivity contribution in [3.8, 4) is 11.6 Å². The van der Waals surface area contributed by atoms with Crippen molar-refractivity contribution >= 4 is 29.3 Å². The molecule has 0 atom stereocenters. The number of nitrogens with zero attached hydrogens (tertiary/aromatic N) is 2. The molecule has 4 nitrogen and oxygen atoms in total. The molecular weight excluding hydrogens is 302 g/mol. The number of benzene rings is 1. The van der Waals surface area contributed by atoms with E-state index in [-0.39, 0.29) is 0 Å². The Kier molecular flexibility index (Phi) is 6.20. The van der Waals surface area contributed by atoms with Crippen LogP contribution in [0.15, 0.2) is 40.4 Å². The molecule has 0 aliphatic heterocycles. The quantitative estimate of drug-likeness (QED) is 0.597. The highest BCUT2D eigenvalue weighted by Gasteiger charge is 2.06. The van der Waals surface area contributed by atoms with Crippen LogP contribution in [0.2, 0.25) is 0 Å². The normalized spacial score (nSPS) is 10.4. The van der Waals surface area contributed by atoms with Gasteiger partial charge in [-0.3, -0.25) is 0 Å². The minimum atomic E-state index is 0.560. The standard InChI is InChI=1S/C15H19N3OS2/c1-4-9-16-13-10-14(18-15(17-13)21-3)19-11-5-7-12(20-2)8-6-11/h5-8,10H,4,9H2,1-3H3,(H,16,17,18). The van der Waals surface area contributed by atoms with Gasteiger partial charge in [0.05, 0.1) is 0 Å². The van der Waals surface area contributed by atoms with Crippen LogP contribution in [0.3, 0.4) is 0 Å². The molecule has 0 aliphatic rings. The van der Waals surface area contributed by atoms with Gasteiger partial charge in [-0.15, -0.1) is 11.8 Å². The van der Waals surface area contributed by atoms with Gasteiger partial charge in [0.1, 0.15) is 11.6 Å². The Labute approximate surface area is 134 Å². The monoisotopic (exact) mass is 321 g/mol. The van der Waals surface area contributed by atoms with Crippen LogP contribution in [-0.4, -0.2) is 29.0 Å². The van der Waals surface area contributed by atoms with Gasteiger partial charge in [0.25, 0.3) is 0 Å². The highest BCUT2D eigenvalue weighted by atomic mass is 32.2. The van der Waals surface area contributed by atoms with Gasteiger partial charge in [-0.1, -0.05) is 18.7 Å². The summed E-state index contributed by atoms with van der Waals surface area (Å²) >= 11 is 3.21. The van der Waals surface area contributed by atoms with Crippen LogP contribution < -0.4 is 10.1 Å². The molecule has 21 heavy (non-hydrogen) atoms. The molecule has 1 aromatic heterocycles. The van der Waals surface area contributed by atoms with E-state index in [1.54, 1.807) is 11.8 Å². The predicted octanol–water partition coefficient (Wildman–Crippen LogP) is 4.53. The van der Waals surface area contributed by atoms with Gasteiger partial charge in [-0.05, 0) is 43.2 Å². The SMILES string of the molecule is CCCNc1cc(Oc2ccc(SC)cc2)nc(SC)n1. The van der Waals surface area contributed by atoms with Crippen LogP contribution in [0.1, 0.15) is 13.3 Å². The predicted molar refractivity (Wildman–Crippen MR) is 90.9 cm³/mol. The van der Waals surface area contributed by atoms with E-state index in [0.717, 1.165) is 24.5 Å². The lowest BCUT2D eigenvalue weighted by atomic mass is 10.3. The molecule has 112 valence electrons. The minimum absolute atomic E-state index is 0.560. The first-order valence-corrected chi connectivity index (χ1v) is 9.19. The summed E-state index contributed by atoms with van der Waals surface area (Å²) < 4.78 is 5.83. The summed E-state index contributed by atoms with van der Waals surface area (Å²) in [5.41, 5.74) is 0. The summed E-state index contributed by atoms with van der Waals surface area (Å²) in [5.74, 6) is 2.14. The lowest BCUT2D eigenvalue weighted by molar-refractivity contribution is 0.455. The first-order chi connectivity index (χ1) is 10.2. The molecular formula is C15H19N3OS2. The molecule has 0 bridgehead atoms. The third-order valence-electron chi connectivity index (χ3n) is 2.70. The smallest absolute Gasteiger partial charge is 0.225 e. The van der Waals surface area contributed by atoms with E-state index in [4.69, 9.17) is 4.74 Å². The number of nitrogens with one attached hydrogen (secondary N) is 1. The van der Waals surface area contributed by atoms with E-state index in [0.29, 0.717) is 11.0 Å². The van der Waals surface area contributed by atoms with Gasteiger partial charge in [0.2, 0.25) is 5.88 Å². The Balaban J connectivity index is 2.16. The summed E-state index contributed by atoms with van der Waals surface area (Å²) in [6.07, 6.45) is 5.05. The minimum Gasteiger partial charge on any atom is -0.439 e. The Morgan fingerprint density at radius 3 is 2.48 bits per heavy atom. The zero-order chi connectivity index (χ0) is 15.1. The first-order valence-electron chi connectivity index (χ1n) is 6.74. The fraction of sp³-hybridized carbons (Fsp3) is 0.333. The van der Waals surface area contributed by atoms with Crippen LogP contribution in [0, 0.1) is 0 Å². The number of ether oxygens (including phenoxy) is 1. The van der Waals surface area contributed by atoms with Crippen molar-refractivity contribution in [1.82, 2.24) is 9.97 Å². The van der Waals surface area contributed by atoms with E-state index in [1.807, 2.05) is 36.6 Å². The lowest BCUT2D eigenvalue weighted by Gasteiger charge is -2.09. The molecule has 0 fully saturated rings. The van der Waals surface area contributed by atoms with Crippen molar-refractivity contribution in [2.45, 2.75) is 23.4 Å². The van der Waals surface area contributed by atoms with E-state index in [1.165, 1.54) is 16.7 Å². The second-order valence-corrected chi connectivity index (χ2v) is 5.94. The fourth-order valence-electron chi connectivity index (χ4n) is 1.66. The van der Waals surface area contributed by atoms with E-state index >= 15 is 0 Å². The maximum Gasteiger partial charge on any atom is 0.225 e. The molecule has 2 rings (SSSR count). The molecule has 0 radical (unpaired) electrons. The van der Waals surface area contributed by atoms with Crippen molar-refractivity contribution in [2.75, 3.05) is 24.4 Å². The zero-order valence-electron chi connectivity index (χ0n) is 12.4. The molecule has 0 amide bonds. The number of thioether (sulfide) groups is 2. The third kappa shape index (κ3) is 4.82. The van der Waals surface area contributed by atoms with E-state index in [2.05, 4.69) is 28.5 Å². The molecule has 0 saturated heterocycles. The number of rotatable bonds is 7. The van der Waals surface area contributed by atoms with Gasteiger partial charge in [-0.2, -0.15) is 4.98 Å². The largest absolute Gasteiger partial charge is 0.439 e. The number of hydrogen-bond acceptors (Lipinski definition) is 6. The molecule has 0 aliphatic carbocycles. The van der Waals surface area contributed by atoms with Crippen LogP contribution in [-0.2, 0) is 0 Å². The van der Waals surface area contributed by atoms with Gasteiger partial charge in [0, 0.05) is 17.5 Å². The van der Waals surface area contributed by atoms with Gasteiger partial charge < -0.3 is 10.1 Å². The van der Waals surface area contributed by atoms with Crippen LogP contribution in [0.25, 0.3) is 0 Å².